The van der Waals surface area contributed by atoms with Gasteiger partial charge in [-0.15, -0.1) is 0 Å². The van der Waals surface area contributed by atoms with Gasteiger partial charge in [-0.25, -0.2) is 0 Å². The van der Waals surface area contributed by atoms with Crippen molar-refractivity contribution in [2.75, 3.05) is 6.61 Å². The summed E-state index contributed by atoms with van der Waals surface area (Å²) in [6, 6.07) is 27.8. The predicted molar refractivity (Wildman–Crippen MR) is 198 cm³/mol. The number of carboxylic acids is 1. The van der Waals surface area contributed by atoms with E-state index in [1.54, 1.807) is 24.4 Å². The van der Waals surface area contributed by atoms with Crippen LogP contribution in [0.3, 0.4) is 0 Å². The third-order valence-corrected chi connectivity index (χ3v) is 9.36. The van der Waals surface area contributed by atoms with Crippen LogP contribution in [0, 0.1) is 25.2 Å². The Morgan fingerprint density at radius 3 is 2.33 bits per heavy atom. The zero-order chi connectivity index (χ0) is 36.7. The minimum atomic E-state index is -1.59. The lowest BCUT2D eigenvalue weighted by Gasteiger charge is -2.25. The summed E-state index contributed by atoms with van der Waals surface area (Å²) in [5.74, 6) is -0.437. The molecule has 4 aromatic carbocycles. The summed E-state index contributed by atoms with van der Waals surface area (Å²) in [5.41, 5.74) is 15.0. The van der Waals surface area contributed by atoms with E-state index in [4.69, 9.17) is 26.8 Å². The molecule has 262 valence electrons. The average molecular weight is 705 g/mol. The SMILES string of the molecule is Cc1c(COc2cc(OCc3cncc(C#N)c3)c(CN[C@@](C)(CO)C(=O)O)cc2Cl)cccc1-c1cccc(-c2cccc([C@H](C)N)c2)c1C. The lowest BCUT2D eigenvalue weighted by atomic mass is 9.89. The van der Waals surface area contributed by atoms with Gasteiger partial charge >= 0.3 is 5.97 Å². The largest absolute Gasteiger partial charge is 0.488 e. The molecule has 0 radical (unpaired) electrons. The number of nitrogens with two attached hydrogens (primary N) is 1. The van der Waals surface area contributed by atoms with Gasteiger partial charge in [0.2, 0.25) is 0 Å². The van der Waals surface area contributed by atoms with Gasteiger partial charge in [0.1, 0.15) is 36.3 Å². The Morgan fingerprint density at radius 1 is 0.941 bits per heavy atom. The molecule has 0 fully saturated rings. The van der Waals surface area contributed by atoms with Crippen molar-refractivity contribution < 1.29 is 24.5 Å². The highest BCUT2D eigenvalue weighted by Crippen LogP contribution is 2.37. The maximum atomic E-state index is 11.8. The van der Waals surface area contributed by atoms with E-state index >= 15 is 0 Å². The van der Waals surface area contributed by atoms with Crippen molar-refractivity contribution in [1.82, 2.24) is 10.3 Å². The van der Waals surface area contributed by atoms with Crippen molar-refractivity contribution >= 4 is 17.6 Å². The smallest absolute Gasteiger partial charge is 0.326 e. The lowest BCUT2D eigenvalue weighted by molar-refractivity contribution is -0.145. The molecule has 1 aromatic heterocycles. The summed E-state index contributed by atoms with van der Waals surface area (Å²) >= 11 is 6.74. The number of ether oxygens (including phenoxy) is 2. The lowest BCUT2D eigenvalue weighted by Crippen LogP contribution is -2.52. The fourth-order valence-electron chi connectivity index (χ4n) is 5.75. The van der Waals surface area contributed by atoms with Gasteiger partial charge in [0, 0.05) is 42.2 Å². The molecule has 0 unspecified atom stereocenters. The van der Waals surface area contributed by atoms with Gasteiger partial charge in [0.25, 0.3) is 0 Å². The van der Waals surface area contributed by atoms with Crippen LogP contribution >= 0.6 is 11.6 Å². The molecule has 0 bridgehead atoms. The molecule has 0 aliphatic rings. The molecule has 0 saturated carbocycles. The van der Waals surface area contributed by atoms with Crippen LogP contribution in [-0.2, 0) is 24.6 Å². The molecule has 0 amide bonds. The predicted octanol–water partition coefficient (Wildman–Crippen LogP) is 7.66. The summed E-state index contributed by atoms with van der Waals surface area (Å²) in [4.78, 5) is 15.9. The van der Waals surface area contributed by atoms with E-state index in [0.29, 0.717) is 33.2 Å². The summed E-state index contributed by atoms with van der Waals surface area (Å²) in [7, 11) is 0. The molecule has 0 aliphatic heterocycles. The van der Waals surface area contributed by atoms with Crippen LogP contribution in [0.15, 0.2) is 91.3 Å². The standard InChI is InChI=1S/C41H41ClN4O5/c1-25-32(10-6-12-35(25)36-13-7-11-34(26(36)2)31-9-5-8-30(15-31)27(3)44)23-51-39-17-38(50-22-29-14-28(18-43)19-45-20-29)33(16-37(39)42)21-46-41(4,24-47)40(48)49/h5-17,19-20,27,46-47H,21-24,44H2,1-4H3,(H,48,49)/t27-,41-/m0/s1. The topological polar surface area (TPSA) is 151 Å². The van der Waals surface area contributed by atoms with Crippen LogP contribution in [0.2, 0.25) is 5.02 Å². The number of nitriles is 1. The quantitative estimate of drug-likeness (QED) is 0.0913. The van der Waals surface area contributed by atoms with Gasteiger partial charge in [-0.05, 0) is 90.4 Å². The highest BCUT2D eigenvalue weighted by molar-refractivity contribution is 6.32. The number of hydrogen-bond donors (Lipinski definition) is 4. The molecular formula is C41H41ClN4O5. The molecular weight excluding hydrogens is 664 g/mol. The Hall–Kier alpha value is -5.24. The number of aliphatic hydroxyl groups is 1. The summed E-state index contributed by atoms with van der Waals surface area (Å²) < 4.78 is 12.5. The first-order valence-electron chi connectivity index (χ1n) is 16.5. The number of benzene rings is 4. The van der Waals surface area contributed by atoms with Crippen LogP contribution in [-0.4, -0.2) is 33.3 Å². The minimum absolute atomic E-state index is 0.0320. The first-order chi connectivity index (χ1) is 24.4. The van der Waals surface area contributed by atoms with Crippen molar-refractivity contribution in [3.8, 4) is 39.8 Å². The Labute approximate surface area is 303 Å². The number of rotatable bonds is 14. The molecule has 5 N–H and O–H groups in total. The summed E-state index contributed by atoms with van der Waals surface area (Å²) in [5, 5.41) is 31.9. The number of hydrogen-bond acceptors (Lipinski definition) is 8. The van der Waals surface area contributed by atoms with E-state index in [2.05, 4.69) is 66.6 Å². The van der Waals surface area contributed by atoms with Crippen molar-refractivity contribution in [3.05, 3.63) is 135 Å². The number of aliphatic hydroxyl groups excluding tert-OH is 1. The van der Waals surface area contributed by atoms with Crippen LogP contribution in [0.1, 0.15) is 58.8 Å². The highest BCUT2D eigenvalue weighted by atomic mass is 35.5. The van der Waals surface area contributed by atoms with Gasteiger partial charge in [0.05, 0.1) is 17.2 Å². The number of aliphatic carboxylic acids is 1. The van der Waals surface area contributed by atoms with Gasteiger partial charge in [-0.2, -0.15) is 5.26 Å². The van der Waals surface area contributed by atoms with E-state index in [-0.39, 0.29) is 25.8 Å². The van der Waals surface area contributed by atoms with Crippen LogP contribution < -0.4 is 20.5 Å². The van der Waals surface area contributed by atoms with E-state index < -0.39 is 18.1 Å². The highest BCUT2D eigenvalue weighted by Gasteiger charge is 2.32. The second-order valence-electron chi connectivity index (χ2n) is 12.8. The van der Waals surface area contributed by atoms with Gasteiger partial charge in [0.15, 0.2) is 0 Å². The van der Waals surface area contributed by atoms with Gasteiger partial charge in [-0.3, -0.25) is 15.1 Å². The number of aromatic nitrogens is 1. The Morgan fingerprint density at radius 2 is 1.63 bits per heavy atom. The van der Waals surface area contributed by atoms with E-state index in [9.17, 15) is 20.3 Å². The first kappa shape index (κ1) is 37.0. The van der Waals surface area contributed by atoms with Gasteiger partial charge in [-0.1, -0.05) is 66.2 Å². The number of nitrogens with one attached hydrogen (secondary N) is 1. The maximum absolute atomic E-state index is 11.8. The second kappa shape index (κ2) is 16.2. The van der Waals surface area contributed by atoms with Crippen LogP contribution in [0.4, 0.5) is 0 Å². The molecule has 2 atom stereocenters. The zero-order valence-corrected chi connectivity index (χ0v) is 29.8. The molecule has 0 spiro atoms. The summed E-state index contributed by atoms with van der Waals surface area (Å²) in [6.45, 7) is 7.30. The first-order valence-corrected chi connectivity index (χ1v) is 16.9. The Bertz CT molecular complexity index is 2090. The van der Waals surface area contributed by atoms with Crippen LogP contribution in [0.5, 0.6) is 11.5 Å². The molecule has 0 saturated heterocycles. The molecule has 51 heavy (non-hydrogen) atoms. The van der Waals surface area contributed by atoms with E-state index in [1.165, 1.54) is 13.1 Å². The number of nitrogens with zero attached hydrogens (tertiary/aromatic N) is 2. The molecule has 5 rings (SSSR count). The number of carbonyl (C=O) groups is 1. The monoisotopic (exact) mass is 704 g/mol. The third-order valence-electron chi connectivity index (χ3n) is 9.07. The second-order valence-corrected chi connectivity index (χ2v) is 13.2. The number of pyridine rings is 1. The van der Waals surface area contributed by atoms with Crippen molar-refractivity contribution in [2.45, 2.75) is 59.0 Å². The van der Waals surface area contributed by atoms with Crippen molar-refractivity contribution in [3.63, 3.8) is 0 Å². The molecule has 0 aliphatic carbocycles. The van der Waals surface area contributed by atoms with Gasteiger partial charge < -0.3 is 25.4 Å². The normalized spacial score (nSPS) is 12.8. The molecule has 5 aromatic rings. The molecule has 1 heterocycles. The van der Waals surface area contributed by atoms with E-state index in [1.807, 2.05) is 31.2 Å². The average Bonchev–Trinajstić information content (AvgIpc) is 3.13. The Balaban J connectivity index is 1.42. The molecule has 9 nitrogen and oxygen atoms in total. The zero-order valence-electron chi connectivity index (χ0n) is 29.0. The van der Waals surface area contributed by atoms with E-state index in [0.717, 1.165) is 44.5 Å². The minimum Gasteiger partial charge on any atom is -0.488 e. The number of halogens is 1. The third kappa shape index (κ3) is 8.56. The Kier molecular flexibility index (Phi) is 11.8. The number of carboxylic acid groups (broad SMARTS) is 1. The summed E-state index contributed by atoms with van der Waals surface area (Å²) in [6.07, 6.45) is 3.06. The van der Waals surface area contributed by atoms with Crippen molar-refractivity contribution in [2.24, 2.45) is 5.73 Å². The van der Waals surface area contributed by atoms with Crippen LogP contribution in [0.25, 0.3) is 22.3 Å². The van der Waals surface area contributed by atoms with Crippen molar-refractivity contribution in [1.29, 1.82) is 5.26 Å². The molecule has 10 heteroatoms. The maximum Gasteiger partial charge on any atom is 0.326 e. The fraction of sp³-hybridized carbons (Fsp3) is 0.244. The fourth-order valence-corrected chi connectivity index (χ4v) is 5.99.